The summed E-state index contributed by atoms with van der Waals surface area (Å²) in [5.41, 5.74) is 0.543. The van der Waals surface area contributed by atoms with E-state index in [4.69, 9.17) is 23.2 Å². The van der Waals surface area contributed by atoms with Gasteiger partial charge < -0.3 is 5.32 Å². The topological polar surface area (TPSA) is 12.0 Å². The van der Waals surface area contributed by atoms with Crippen molar-refractivity contribution < 1.29 is 8.78 Å². The maximum Gasteiger partial charge on any atom is 0.145 e. The summed E-state index contributed by atoms with van der Waals surface area (Å²) in [4.78, 5) is 0. The van der Waals surface area contributed by atoms with Crippen LogP contribution in [0.3, 0.4) is 0 Å². The Hall–Kier alpha value is -0.840. The van der Waals surface area contributed by atoms with Gasteiger partial charge in [-0.3, -0.25) is 0 Å². The third-order valence-electron chi connectivity index (χ3n) is 2.47. The highest BCUT2D eigenvalue weighted by atomic mass is 79.9. The molecule has 0 atom stereocenters. The molecule has 0 aliphatic rings. The Morgan fingerprint density at radius 2 is 1.68 bits per heavy atom. The van der Waals surface area contributed by atoms with Crippen LogP contribution in [0.2, 0.25) is 10.0 Å². The van der Waals surface area contributed by atoms with Crippen LogP contribution in [0.25, 0.3) is 0 Å². The fraction of sp³-hybridized carbons (Fsp3) is 0.0769. The molecule has 1 nitrogen and oxygen atoms in total. The number of anilines is 1. The molecule has 0 aromatic heterocycles. The zero-order valence-corrected chi connectivity index (χ0v) is 12.6. The van der Waals surface area contributed by atoms with Crippen molar-refractivity contribution in [2.24, 2.45) is 0 Å². The molecular formula is C13H8BrCl2F2N. The minimum atomic E-state index is -0.624. The predicted octanol–water partition coefficient (Wildman–Crippen LogP) is 5.65. The largest absolute Gasteiger partial charge is 0.381 e. The zero-order valence-electron chi connectivity index (χ0n) is 9.48. The first kappa shape index (κ1) is 14.6. The molecule has 0 bridgehead atoms. The van der Waals surface area contributed by atoms with Crippen molar-refractivity contribution in [3.05, 3.63) is 62.0 Å². The fourth-order valence-electron chi connectivity index (χ4n) is 1.58. The van der Waals surface area contributed by atoms with Crippen molar-refractivity contribution in [1.29, 1.82) is 0 Å². The van der Waals surface area contributed by atoms with Crippen LogP contribution < -0.4 is 5.32 Å². The molecule has 2 aromatic rings. The van der Waals surface area contributed by atoms with E-state index >= 15 is 0 Å². The van der Waals surface area contributed by atoms with E-state index in [1.807, 2.05) is 0 Å². The van der Waals surface area contributed by atoms with E-state index in [1.54, 1.807) is 18.2 Å². The summed E-state index contributed by atoms with van der Waals surface area (Å²) in [6.07, 6.45) is 0. The Kier molecular flexibility index (Phi) is 4.66. The lowest BCUT2D eigenvalue weighted by molar-refractivity contribution is 0.556. The molecule has 100 valence electrons. The van der Waals surface area contributed by atoms with Crippen molar-refractivity contribution >= 4 is 44.8 Å². The predicted molar refractivity (Wildman–Crippen MR) is 77.8 cm³/mol. The van der Waals surface area contributed by atoms with Gasteiger partial charge >= 0.3 is 0 Å². The van der Waals surface area contributed by atoms with Gasteiger partial charge in [-0.15, -0.1) is 0 Å². The standard InChI is InChI=1S/C13H8BrCl2F2N/c14-11-1-2-12(17)10(13(11)18)6-19-9-4-7(15)3-8(16)5-9/h1-5,19H,6H2. The summed E-state index contributed by atoms with van der Waals surface area (Å²) in [7, 11) is 0. The molecule has 0 saturated carbocycles. The number of hydrogen-bond acceptors (Lipinski definition) is 1. The second-order valence-electron chi connectivity index (χ2n) is 3.83. The van der Waals surface area contributed by atoms with Crippen molar-refractivity contribution in [3.8, 4) is 0 Å². The van der Waals surface area contributed by atoms with E-state index in [1.165, 1.54) is 12.1 Å². The number of halogens is 5. The minimum absolute atomic E-state index is 0.00617. The average molecular weight is 367 g/mol. The molecule has 1 N–H and O–H groups in total. The van der Waals surface area contributed by atoms with Gasteiger partial charge in [0.25, 0.3) is 0 Å². The van der Waals surface area contributed by atoms with Crippen molar-refractivity contribution in [1.82, 2.24) is 0 Å². The van der Waals surface area contributed by atoms with Crippen LogP contribution in [0.5, 0.6) is 0 Å². The van der Waals surface area contributed by atoms with Gasteiger partial charge in [0.05, 0.1) is 4.47 Å². The van der Waals surface area contributed by atoms with E-state index in [9.17, 15) is 8.78 Å². The van der Waals surface area contributed by atoms with Gasteiger partial charge in [-0.2, -0.15) is 0 Å². The maximum atomic E-state index is 13.7. The van der Waals surface area contributed by atoms with Gasteiger partial charge in [0, 0.05) is 27.8 Å². The first-order valence-electron chi connectivity index (χ1n) is 5.29. The highest BCUT2D eigenvalue weighted by Crippen LogP contribution is 2.25. The monoisotopic (exact) mass is 365 g/mol. The SMILES string of the molecule is Fc1ccc(Br)c(F)c1CNc1cc(Cl)cc(Cl)c1. The van der Waals surface area contributed by atoms with E-state index in [0.717, 1.165) is 0 Å². The number of rotatable bonds is 3. The quantitative estimate of drug-likeness (QED) is 0.692. The van der Waals surface area contributed by atoms with Gasteiger partial charge in [-0.1, -0.05) is 23.2 Å². The number of hydrogen-bond donors (Lipinski definition) is 1. The van der Waals surface area contributed by atoms with Gasteiger partial charge in [0.2, 0.25) is 0 Å². The van der Waals surface area contributed by atoms with Crippen LogP contribution in [0.4, 0.5) is 14.5 Å². The lowest BCUT2D eigenvalue weighted by atomic mass is 10.2. The molecule has 6 heteroatoms. The molecule has 0 aliphatic carbocycles. The molecule has 0 fully saturated rings. The number of benzene rings is 2. The Labute approximate surface area is 127 Å². The lowest BCUT2D eigenvalue weighted by Gasteiger charge is -2.10. The summed E-state index contributed by atoms with van der Waals surface area (Å²) in [6.45, 7) is -0.00617. The van der Waals surface area contributed by atoms with E-state index < -0.39 is 11.6 Å². The van der Waals surface area contributed by atoms with Crippen molar-refractivity contribution in [2.45, 2.75) is 6.54 Å². The van der Waals surface area contributed by atoms with Crippen LogP contribution in [0.15, 0.2) is 34.8 Å². The third kappa shape index (κ3) is 3.59. The Balaban J connectivity index is 2.21. The molecule has 2 aromatic carbocycles. The molecular weight excluding hydrogens is 359 g/mol. The Morgan fingerprint density at radius 3 is 2.32 bits per heavy atom. The zero-order chi connectivity index (χ0) is 14.0. The van der Waals surface area contributed by atoms with Crippen LogP contribution in [0, 0.1) is 11.6 Å². The highest BCUT2D eigenvalue weighted by Gasteiger charge is 2.12. The highest BCUT2D eigenvalue weighted by molar-refractivity contribution is 9.10. The normalized spacial score (nSPS) is 10.6. The smallest absolute Gasteiger partial charge is 0.145 e. The summed E-state index contributed by atoms with van der Waals surface area (Å²) in [5.74, 6) is -1.23. The third-order valence-corrected chi connectivity index (χ3v) is 3.52. The number of nitrogens with one attached hydrogen (secondary N) is 1. The van der Waals surface area contributed by atoms with E-state index in [-0.39, 0.29) is 16.6 Å². The van der Waals surface area contributed by atoms with Gasteiger partial charge in [0.1, 0.15) is 11.6 Å². The summed E-state index contributed by atoms with van der Waals surface area (Å²) < 4.78 is 27.5. The first-order valence-corrected chi connectivity index (χ1v) is 6.84. The lowest BCUT2D eigenvalue weighted by Crippen LogP contribution is -2.05. The Morgan fingerprint density at radius 1 is 1.05 bits per heavy atom. The summed E-state index contributed by atoms with van der Waals surface area (Å²) in [5, 5.41) is 3.78. The maximum absolute atomic E-state index is 13.7. The average Bonchev–Trinajstić information content (AvgIpc) is 2.33. The first-order chi connectivity index (χ1) is 8.97. The van der Waals surface area contributed by atoms with Gasteiger partial charge in [-0.25, -0.2) is 8.78 Å². The summed E-state index contributed by atoms with van der Waals surface area (Å²) >= 11 is 14.7. The van der Waals surface area contributed by atoms with E-state index in [2.05, 4.69) is 21.2 Å². The van der Waals surface area contributed by atoms with Gasteiger partial charge in [0.15, 0.2) is 0 Å². The second-order valence-corrected chi connectivity index (χ2v) is 5.56. The Bertz CT molecular complexity index is 600. The molecule has 0 heterocycles. The molecule has 0 saturated heterocycles. The molecule has 0 amide bonds. The fourth-order valence-corrected chi connectivity index (χ4v) is 2.47. The van der Waals surface area contributed by atoms with Crippen LogP contribution in [0.1, 0.15) is 5.56 Å². The van der Waals surface area contributed by atoms with Crippen LogP contribution >= 0.6 is 39.1 Å². The van der Waals surface area contributed by atoms with Gasteiger partial charge in [-0.05, 0) is 46.3 Å². The molecule has 0 unspecified atom stereocenters. The van der Waals surface area contributed by atoms with Crippen molar-refractivity contribution in [2.75, 3.05) is 5.32 Å². The minimum Gasteiger partial charge on any atom is -0.381 e. The molecule has 0 spiro atoms. The summed E-state index contributed by atoms with van der Waals surface area (Å²) in [6, 6.07) is 7.36. The molecule has 2 rings (SSSR count). The van der Waals surface area contributed by atoms with E-state index in [0.29, 0.717) is 15.7 Å². The van der Waals surface area contributed by atoms with Crippen LogP contribution in [-0.4, -0.2) is 0 Å². The molecule has 0 radical (unpaired) electrons. The van der Waals surface area contributed by atoms with Crippen molar-refractivity contribution in [3.63, 3.8) is 0 Å². The molecule has 19 heavy (non-hydrogen) atoms. The molecule has 0 aliphatic heterocycles. The second kappa shape index (κ2) is 6.07. The van der Waals surface area contributed by atoms with Crippen LogP contribution in [-0.2, 0) is 6.54 Å².